The minimum absolute atomic E-state index is 0.0871. The van der Waals surface area contributed by atoms with E-state index in [9.17, 15) is 9.18 Å². The monoisotopic (exact) mass is 282 g/mol. The molecule has 4 N–H and O–H groups in total. The van der Waals surface area contributed by atoms with Crippen LogP contribution in [0, 0.1) is 5.82 Å². The molecule has 0 aliphatic rings. The highest BCUT2D eigenvalue weighted by Gasteiger charge is 2.17. The Morgan fingerprint density at radius 3 is 2.84 bits per heavy atom. The van der Waals surface area contributed by atoms with Gasteiger partial charge >= 0.3 is 0 Å². The number of hydrogen-bond donors (Lipinski definition) is 2. The number of amides is 1. The number of nitrogens with two attached hydrogens (primary N) is 2. The molecule has 8 heteroatoms. The number of nitrogen functional groups attached to an aromatic ring is 1. The van der Waals surface area contributed by atoms with Crippen LogP contribution in [0.2, 0.25) is 5.28 Å². The van der Waals surface area contributed by atoms with E-state index in [-0.39, 0.29) is 22.6 Å². The van der Waals surface area contributed by atoms with E-state index < -0.39 is 17.3 Å². The smallest absolute Gasteiger partial charge is 0.255 e. The first-order valence-corrected chi connectivity index (χ1v) is 5.41. The Morgan fingerprint density at radius 1 is 1.42 bits per heavy atom. The van der Waals surface area contributed by atoms with E-state index in [2.05, 4.69) is 9.97 Å². The summed E-state index contributed by atoms with van der Waals surface area (Å²) in [5.41, 5.74) is 10.4. The molecule has 1 amide bonds. The molecule has 0 fully saturated rings. The number of carbonyl (C=O) groups excluding carboxylic acids is 1. The van der Waals surface area contributed by atoms with Gasteiger partial charge in [-0.1, -0.05) is 6.07 Å². The van der Waals surface area contributed by atoms with Gasteiger partial charge in [-0.2, -0.15) is 4.98 Å². The Kier molecular flexibility index (Phi) is 3.48. The zero-order chi connectivity index (χ0) is 14.0. The first kappa shape index (κ1) is 13.0. The van der Waals surface area contributed by atoms with Gasteiger partial charge in [0, 0.05) is 0 Å². The number of benzene rings is 1. The van der Waals surface area contributed by atoms with Gasteiger partial charge < -0.3 is 16.2 Å². The van der Waals surface area contributed by atoms with Gasteiger partial charge in [0.2, 0.25) is 11.2 Å². The number of primary amides is 1. The number of rotatable bonds is 3. The molecule has 0 saturated carbocycles. The highest BCUT2D eigenvalue weighted by atomic mass is 35.5. The fourth-order valence-corrected chi connectivity index (χ4v) is 1.50. The predicted molar refractivity (Wildman–Crippen MR) is 66.4 cm³/mol. The van der Waals surface area contributed by atoms with Crippen molar-refractivity contribution in [2.45, 2.75) is 0 Å². The fourth-order valence-electron chi connectivity index (χ4n) is 1.37. The van der Waals surface area contributed by atoms with Gasteiger partial charge in [0.15, 0.2) is 0 Å². The van der Waals surface area contributed by atoms with Crippen LogP contribution in [-0.2, 0) is 0 Å². The molecule has 6 nitrogen and oxygen atoms in total. The molecule has 0 radical (unpaired) electrons. The Labute approximate surface area is 112 Å². The van der Waals surface area contributed by atoms with E-state index >= 15 is 0 Å². The quantitative estimate of drug-likeness (QED) is 0.835. The molecule has 1 heterocycles. The molecule has 0 aliphatic heterocycles. The zero-order valence-electron chi connectivity index (χ0n) is 9.43. The summed E-state index contributed by atoms with van der Waals surface area (Å²) < 4.78 is 18.8. The SMILES string of the molecule is NC(=O)c1c(F)cccc1Oc1nc(Cl)ncc1N. The van der Waals surface area contributed by atoms with E-state index in [4.69, 9.17) is 27.8 Å². The molecule has 1 aromatic carbocycles. The maximum atomic E-state index is 13.5. The third kappa shape index (κ3) is 2.71. The Hall–Kier alpha value is -2.41. The van der Waals surface area contributed by atoms with Gasteiger partial charge in [-0.15, -0.1) is 0 Å². The van der Waals surface area contributed by atoms with Gasteiger partial charge in [0.25, 0.3) is 5.91 Å². The first-order valence-electron chi connectivity index (χ1n) is 5.03. The fraction of sp³-hybridized carbons (Fsp3) is 0. The van der Waals surface area contributed by atoms with Crippen molar-refractivity contribution in [3.63, 3.8) is 0 Å². The topological polar surface area (TPSA) is 104 Å². The normalized spacial score (nSPS) is 10.2. The number of nitrogens with zero attached hydrogens (tertiary/aromatic N) is 2. The lowest BCUT2D eigenvalue weighted by Crippen LogP contribution is -2.14. The van der Waals surface area contributed by atoms with Gasteiger partial charge in [-0.25, -0.2) is 9.37 Å². The summed E-state index contributed by atoms with van der Waals surface area (Å²) in [5.74, 6) is -1.96. The molecule has 2 rings (SSSR count). The molecule has 0 spiro atoms. The van der Waals surface area contributed by atoms with Crippen molar-refractivity contribution in [3.8, 4) is 11.6 Å². The average molecular weight is 283 g/mol. The van der Waals surface area contributed by atoms with Crippen LogP contribution in [0.4, 0.5) is 10.1 Å². The van der Waals surface area contributed by atoms with Crippen LogP contribution in [0.5, 0.6) is 11.6 Å². The van der Waals surface area contributed by atoms with Crippen LogP contribution >= 0.6 is 11.6 Å². The lowest BCUT2D eigenvalue weighted by Gasteiger charge is -2.10. The van der Waals surface area contributed by atoms with Gasteiger partial charge in [0.05, 0.1) is 6.20 Å². The second-order valence-corrected chi connectivity index (χ2v) is 3.82. The van der Waals surface area contributed by atoms with E-state index in [0.29, 0.717) is 0 Å². The van der Waals surface area contributed by atoms with Crippen molar-refractivity contribution >= 4 is 23.2 Å². The predicted octanol–water partition coefficient (Wildman–Crippen LogP) is 1.74. The molecule has 0 aliphatic carbocycles. The van der Waals surface area contributed by atoms with Crippen molar-refractivity contribution < 1.29 is 13.9 Å². The van der Waals surface area contributed by atoms with Crippen LogP contribution in [0.1, 0.15) is 10.4 Å². The molecule has 2 aromatic rings. The van der Waals surface area contributed by atoms with Gasteiger partial charge in [-0.3, -0.25) is 4.79 Å². The number of ether oxygens (including phenoxy) is 1. The number of halogens is 2. The summed E-state index contributed by atoms with van der Waals surface area (Å²) in [6.45, 7) is 0. The molecular formula is C11H8ClFN4O2. The highest BCUT2D eigenvalue weighted by molar-refractivity contribution is 6.28. The van der Waals surface area contributed by atoms with Crippen molar-refractivity contribution in [2.24, 2.45) is 5.73 Å². The number of aromatic nitrogens is 2. The number of hydrogen-bond acceptors (Lipinski definition) is 5. The van der Waals surface area contributed by atoms with Gasteiger partial charge in [-0.05, 0) is 23.7 Å². The van der Waals surface area contributed by atoms with Crippen LogP contribution in [0.25, 0.3) is 0 Å². The van der Waals surface area contributed by atoms with Crippen molar-refractivity contribution in [3.05, 3.63) is 41.1 Å². The Bertz CT molecular complexity index is 651. The second-order valence-electron chi connectivity index (χ2n) is 3.48. The summed E-state index contributed by atoms with van der Waals surface area (Å²) in [4.78, 5) is 18.6. The Morgan fingerprint density at radius 2 is 2.16 bits per heavy atom. The van der Waals surface area contributed by atoms with E-state index in [1.165, 1.54) is 18.3 Å². The van der Waals surface area contributed by atoms with E-state index in [0.717, 1.165) is 6.07 Å². The van der Waals surface area contributed by atoms with Crippen LogP contribution in [0.3, 0.4) is 0 Å². The highest BCUT2D eigenvalue weighted by Crippen LogP contribution is 2.29. The van der Waals surface area contributed by atoms with Crippen LogP contribution < -0.4 is 16.2 Å². The minimum atomic E-state index is -0.966. The molecule has 98 valence electrons. The second kappa shape index (κ2) is 5.07. The molecule has 0 unspecified atom stereocenters. The number of anilines is 1. The van der Waals surface area contributed by atoms with Crippen LogP contribution in [0.15, 0.2) is 24.4 Å². The third-order valence-electron chi connectivity index (χ3n) is 2.18. The van der Waals surface area contributed by atoms with Crippen molar-refractivity contribution in [2.75, 3.05) is 5.73 Å². The van der Waals surface area contributed by atoms with Gasteiger partial charge in [0.1, 0.15) is 22.8 Å². The maximum absolute atomic E-state index is 13.5. The molecule has 0 atom stereocenters. The first-order chi connectivity index (χ1) is 8.99. The largest absolute Gasteiger partial charge is 0.436 e. The lowest BCUT2D eigenvalue weighted by atomic mass is 10.2. The maximum Gasteiger partial charge on any atom is 0.255 e. The van der Waals surface area contributed by atoms with E-state index in [1.54, 1.807) is 0 Å². The van der Waals surface area contributed by atoms with E-state index in [1.807, 2.05) is 0 Å². The zero-order valence-corrected chi connectivity index (χ0v) is 10.2. The van der Waals surface area contributed by atoms with Crippen LogP contribution in [-0.4, -0.2) is 15.9 Å². The van der Waals surface area contributed by atoms with Crippen molar-refractivity contribution in [1.82, 2.24) is 9.97 Å². The minimum Gasteiger partial charge on any atom is -0.436 e. The average Bonchev–Trinajstić information content (AvgIpc) is 2.33. The molecular weight excluding hydrogens is 275 g/mol. The molecule has 1 aromatic heterocycles. The molecule has 0 bridgehead atoms. The summed E-state index contributed by atoms with van der Waals surface area (Å²) >= 11 is 5.59. The third-order valence-corrected chi connectivity index (χ3v) is 2.36. The summed E-state index contributed by atoms with van der Waals surface area (Å²) in [6.07, 6.45) is 1.23. The summed E-state index contributed by atoms with van der Waals surface area (Å²) in [7, 11) is 0. The standard InChI is InChI=1S/C11H8ClFN4O2/c12-11-16-4-6(14)10(17-11)19-7-3-1-2-5(13)8(7)9(15)18/h1-4H,14H2,(H2,15,18). The van der Waals surface area contributed by atoms with Crippen molar-refractivity contribution in [1.29, 1.82) is 0 Å². The number of carbonyl (C=O) groups is 1. The molecule has 0 saturated heterocycles. The Balaban J connectivity index is 2.46. The molecule has 19 heavy (non-hydrogen) atoms. The summed E-state index contributed by atoms with van der Waals surface area (Å²) in [5, 5.41) is -0.0961. The summed E-state index contributed by atoms with van der Waals surface area (Å²) in [6, 6.07) is 3.80. The lowest BCUT2D eigenvalue weighted by molar-refractivity contribution is 0.0994.